The Morgan fingerprint density at radius 2 is 0.639 bits per heavy atom. The molecule has 108 heavy (non-hydrogen) atoms. The maximum absolute atomic E-state index is 15.4. The summed E-state index contributed by atoms with van der Waals surface area (Å²) in [5, 5.41) is 0. The Labute approximate surface area is 617 Å². The van der Waals surface area contributed by atoms with E-state index in [0.29, 0.717) is 37.8 Å². The first-order chi connectivity index (χ1) is 52.0. The molecule has 27 nitrogen and oxygen atoms in total. The molecule has 552 valence electrons. The van der Waals surface area contributed by atoms with E-state index >= 15 is 14.4 Å². The molecule has 1 aliphatic carbocycles. The number of fused-ring (bicyclic) bond motifs is 30. The second-order valence-corrected chi connectivity index (χ2v) is 36.6. The average molecular weight is 1480 g/mol. The number of carbonyl (C=O) groups is 12. The van der Waals surface area contributed by atoms with Crippen LogP contribution in [0.3, 0.4) is 0 Å². The van der Waals surface area contributed by atoms with E-state index in [4.69, 9.17) is 41.7 Å². The molecule has 24 unspecified atom stereocenters. The van der Waals surface area contributed by atoms with Gasteiger partial charge in [-0.25, -0.2) is 29.4 Å². The monoisotopic (exact) mass is 1480 g/mol. The third-order valence-corrected chi connectivity index (χ3v) is 30.1. The molecule has 3 aromatic carbocycles. The Bertz CT molecular complexity index is 4660. The van der Waals surface area contributed by atoms with Crippen LogP contribution in [-0.2, 0) is 99.2 Å². The summed E-state index contributed by atoms with van der Waals surface area (Å²) in [4.78, 5) is 181. The topological polar surface area (TPSA) is 307 Å². The molecule has 28 heteroatoms. The van der Waals surface area contributed by atoms with Crippen molar-refractivity contribution >= 4 is 114 Å². The number of hydrogen-bond donors (Lipinski definition) is 0. The molecule has 18 aliphatic heterocycles. The molecule has 12 saturated heterocycles. The number of amides is 12. The minimum absolute atomic E-state index is 0.0733. The maximum Gasteiger partial charge on any atom is 0.504 e. The molecule has 22 rings (SSSR count). The normalized spacial score (nSPS) is 41.5. The highest BCUT2D eigenvalue weighted by Gasteiger charge is 2.74. The van der Waals surface area contributed by atoms with E-state index in [0.717, 1.165) is 36.5 Å². The fourth-order valence-electron chi connectivity index (χ4n) is 22.2. The number of ether oxygens (including phenoxy) is 6. The summed E-state index contributed by atoms with van der Waals surface area (Å²) >= 11 is 0. The quantitative estimate of drug-likeness (QED) is 0.0977. The number of rotatable bonds is 17. The molecule has 13 fully saturated rings. The Hall–Kier alpha value is -9.20. The molecule has 12 amide bonds. The molecule has 19 aliphatic rings. The van der Waals surface area contributed by atoms with Gasteiger partial charge in [0.15, 0.2) is 0 Å². The van der Waals surface area contributed by atoms with E-state index in [1.165, 1.54) is 53.4 Å². The number of benzene rings is 3. The zero-order valence-electron chi connectivity index (χ0n) is 58.6. The largest absolute Gasteiger partial charge is 0.504 e. The van der Waals surface area contributed by atoms with Crippen molar-refractivity contribution in [3.63, 3.8) is 0 Å². The number of carbonyl (C=O) groups excluding carboxylic acids is 12. The van der Waals surface area contributed by atoms with E-state index in [9.17, 15) is 43.2 Å². The van der Waals surface area contributed by atoms with Crippen LogP contribution in [0, 0.1) is 76.4 Å². The van der Waals surface area contributed by atoms with Gasteiger partial charge in [0, 0.05) is 5.54 Å². The zero-order chi connectivity index (χ0) is 73.6. The third kappa shape index (κ3) is 8.58. The standard InChI is InChI=1S/C80H72N6O21Si/c1-77(2,3)32-36-31-51-56-60(64(36)104-51)73(95)83(69(56)91)39-13-19-42(20-14-39)86-72(94)59-50-27-30-80(107-50,63(59)76(86)98)35-101-108(43-7-5-4-6-8-43,99-33-78-28-25-48(105-78)57-61(78)74(96)84(70(57)92)40-15-9-37(10-16-40)81-65(87)52-44-21-22-45(102-44)53(52)66(81)88)100-34-79-29-26-49(106-79)58-62(79)75(97)85(71(58)93)41-17-11-38(12-18-41)82-67(89)54-46-23-24-47(103-46)55(54)68(82)90/h9-31,43-64H,4-8,32-35H2,1-3H3. The molecule has 3 aromatic rings. The van der Waals surface area contributed by atoms with Gasteiger partial charge >= 0.3 is 8.80 Å². The molecule has 0 aromatic heterocycles. The molecule has 0 spiro atoms. The zero-order valence-corrected chi connectivity index (χ0v) is 59.6. The van der Waals surface area contributed by atoms with Gasteiger partial charge < -0.3 is 41.7 Å². The SMILES string of the molecule is CC(C)(C)CC1=CC2OC1C1C(=O)N(c3ccc(N4C(=O)C5C6C=CC(CO[Si](OCC78C=CC(O7)C7C(=O)N(c9ccc(N%10C(=O)C%11C%12C=CC(O%12)C%11C%10=O)cc9)C(=O)C78)(OCC78C=CC(O7)C7C(=O)N(c9ccc(N%10C(=O)C%11C%12C=CC(O%12)C%11C%10=O)cc9)C(=O)C78)C7CCCCC7)(O6)C5C4=O)cc3)C(=O)C21. The molecular formula is C80H72N6O21Si. The molecule has 0 radical (unpaired) electrons. The summed E-state index contributed by atoms with van der Waals surface area (Å²) in [5.74, 6) is -16.0. The highest BCUT2D eigenvalue weighted by Crippen LogP contribution is 2.60. The van der Waals surface area contributed by atoms with Crippen LogP contribution in [0.25, 0.3) is 0 Å². The van der Waals surface area contributed by atoms with Crippen LogP contribution < -0.4 is 29.4 Å². The molecule has 1 saturated carbocycles. The first-order valence-corrected chi connectivity index (χ1v) is 39.4. The fourth-order valence-corrected chi connectivity index (χ4v) is 25.6. The van der Waals surface area contributed by atoms with Gasteiger partial charge in [0.25, 0.3) is 0 Å². The minimum atomic E-state index is -4.56. The molecular weight excluding hydrogens is 1410 g/mol. The summed E-state index contributed by atoms with van der Waals surface area (Å²) in [6.45, 7) is 5.11. The lowest BCUT2D eigenvalue weighted by molar-refractivity contribution is -0.132. The first kappa shape index (κ1) is 65.8. The van der Waals surface area contributed by atoms with Crippen molar-refractivity contribution in [3.8, 4) is 0 Å². The van der Waals surface area contributed by atoms with Crippen LogP contribution in [0.4, 0.5) is 34.1 Å². The fraction of sp³-hybridized carbons (Fsp3) is 0.475. The van der Waals surface area contributed by atoms with Crippen molar-refractivity contribution in [3.05, 3.63) is 145 Å². The predicted molar refractivity (Wildman–Crippen MR) is 373 cm³/mol. The van der Waals surface area contributed by atoms with Crippen LogP contribution in [-0.4, -0.2) is 171 Å². The summed E-state index contributed by atoms with van der Waals surface area (Å²) in [6.07, 6.45) is 17.9. The number of anilines is 6. The maximum atomic E-state index is 15.4. The van der Waals surface area contributed by atoms with E-state index < -0.39 is 212 Å². The Morgan fingerprint density at radius 1 is 0.352 bits per heavy atom. The van der Waals surface area contributed by atoms with Crippen molar-refractivity contribution < 1.29 is 99.2 Å². The van der Waals surface area contributed by atoms with Gasteiger partial charge in [-0.05, 0) is 103 Å². The van der Waals surface area contributed by atoms with Gasteiger partial charge in [0.2, 0.25) is 70.9 Å². The van der Waals surface area contributed by atoms with E-state index in [2.05, 4.69) is 20.8 Å². The van der Waals surface area contributed by atoms with Crippen molar-refractivity contribution in [2.45, 2.75) is 137 Å². The van der Waals surface area contributed by atoms with Crippen LogP contribution >= 0.6 is 0 Å². The van der Waals surface area contributed by atoms with Crippen LogP contribution in [0.1, 0.15) is 59.3 Å². The second kappa shape index (κ2) is 22.3. The smallest absolute Gasteiger partial charge is 0.370 e. The van der Waals surface area contributed by atoms with Crippen LogP contribution in [0.2, 0.25) is 5.54 Å². The lowest BCUT2D eigenvalue weighted by atomic mass is 9.76. The molecule has 18 heterocycles. The minimum Gasteiger partial charge on any atom is -0.370 e. The summed E-state index contributed by atoms with van der Waals surface area (Å²) in [7, 11) is -4.56. The Morgan fingerprint density at radius 3 is 0.954 bits per heavy atom. The number of imide groups is 6. The van der Waals surface area contributed by atoms with Crippen LogP contribution in [0.5, 0.6) is 0 Å². The van der Waals surface area contributed by atoms with Gasteiger partial charge in [-0.3, -0.25) is 57.5 Å². The van der Waals surface area contributed by atoms with Crippen molar-refractivity contribution in [1.29, 1.82) is 0 Å². The second-order valence-electron chi connectivity index (χ2n) is 33.7. The number of nitrogens with zero attached hydrogens (tertiary/aromatic N) is 6. The third-order valence-electron chi connectivity index (χ3n) is 26.8. The lowest BCUT2D eigenvalue weighted by Crippen LogP contribution is -2.59. The van der Waals surface area contributed by atoms with Gasteiger partial charge in [0.1, 0.15) is 16.8 Å². The summed E-state index contributed by atoms with van der Waals surface area (Å²) in [6, 6.07) is 18.5. The van der Waals surface area contributed by atoms with Gasteiger partial charge in [0.05, 0.1) is 180 Å². The Balaban J connectivity index is 0.562. The van der Waals surface area contributed by atoms with Crippen molar-refractivity contribution in [2.75, 3.05) is 49.2 Å². The first-order valence-electron chi connectivity index (χ1n) is 37.6. The highest BCUT2D eigenvalue weighted by atomic mass is 28.4. The molecule has 24 atom stereocenters. The van der Waals surface area contributed by atoms with Crippen molar-refractivity contribution in [1.82, 2.24) is 0 Å². The number of hydrogen-bond acceptors (Lipinski definition) is 21. The lowest BCUT2D eigenvalue weighted by Gasteiger charge is -2.43. The molecule has 12 bridgehead atoms. The predicted octanol–water partition coefficient (Wildman–Crippen LogP) is 4.98. The highest BCUT2D eigenvalue weighted by molar-refractivity contribution is 6.62. The van der Waals surface area contributed by atoms with Gasteiger partial charge in [-0.1, -0.05) is 107 Å². The van der Waals surface area contributed by atoms with E-state index in [1.54, 1.807) is 85.0 Å². The van der Waals surface area contributed by atoms with E-state index in [1.807, 2.05) is 6.08 Å². The van der Waals surface area contributed by atoms with Crippen LogP contribution in [0.15, 0.2) is 145 Å². The molecule has 0 N–H and O–H groups in total. The van der Waals surface area contributed by atoms with Gasteiger partial charge in [-0.15, -0.1) is 0 Å². The summed E-state index contributed by atoms with van der Waals surface area (Å²) in [5.41, 5.74) is -2.89. The summed E-state index contributed by atoms with van der Waals surface area (Å²) < 4.78 is 60.6. The Kier molecular flexibility index (Phi) is 13.6. The average Bonchev–Trinajstić information content (AvgIpc) is 1.54. The van der Waals surface area contributed by atoms with E-state index in [-0.39, 0.29) is 69.3 Å². The van der Waals surface area contributed by atoms with Gasteiger partial charge in [-0.2, -0.15) is 0 Å². The van der Waals surface area contributed by atoms with Crippen molar-refractivity contribution in [2.24, 2.45) is 76.4 Å².